The highest BCUT2D eigenvalue weighted by molar-refractivity contribution is 6.35. The van der Waals surface area contributed by atoms with E-state index in [1.807, 2.05) is 26.8 Å². The lowest BCUT2D eigenvalue weighted by Gasteiger charge is -2.20. The number of carbonyl (C=O) groups is 2. The quantitative estimate of drug-likeness (QED) is 0.387. The molecule has 1 aliphatic rings. The topological polar surface area (TPSA) is 67.6 Å². The Morgan fingerprint density at radius 2 is 1.64 bits per heavy atom. The fourth-order valence-electron chi connectivity index (χ4n) is 3.65. The van der Waals surface area contributed by atoms with Gasteiger partial charge in [-0.15, -0.1) is 0 Å². The number of imide groups is 1. The molecule has 5 heteroatoms. The summed E-state index contributed by atoms with van der Waals surface area (Å²) < 4.78 is 5.36. The number of benzene rings is 2. The molecule has 0 aliphatic carbocycles. The highest BCUT2D eigenvalue weighted by Gasteiger charge is 2.37. The first-order valence-electron chi connectivity index (χ1n) is 9.06. The number of rotatable bonds is 3. The van der Waals surface area contributed by atoms with Gasteiger partial charge in [-0.3, -0.25) is 9.59 Å². The van der Waals surface area contributed by atoms with E-state index in [-0.39, 0.29) is 11.8 Å². The second-order valence-corrected chi connectivity index (χ2v) is 7.16. The number of anilines is 1. The predicted molar refractivity (Wildman–Crippen MR) is 108 cm³/mol. The zero-order valence-corrected chi connectivity index (χ0v) is 15.9. The smallest absolute Gasteiger partial charge is 0.336 e. The van der Waals surface area contributed by atoms with Crippen molar-refractivity contribution in [3.05, 3.63) is 86.8 Å². The van der Waals surface area contributed by atoms with Crippen LogP contribution in [0.3, 0.4) is 0 Å². The molecule has 0 saturated carbocycles. The molecule has 0 radical (unpaired) electrons. The number of aryl methyl sites for hydroxylation is 1. The maximum Gasteiger partial charge on any atom is 0.336 e. The van der Waals surface area contributed by atoms with E-state index in [0.717, 1.165) is 22.1 Å². The van der Waals surface area contributed by atoms with Crippen molar-refractivity contribution in [1.29, 1.82) is 0 Å². The number of hydrogen-bond donors (Lipinski definition) is 0. The Labute approximate surface area is 161 Å². The molecule has 4 rings (SSSR count). The number of carbonyl (C=O) groups excluding carboxylic acids is 2. The molecule has 0 N–H and O–H groups in total. The van der Waals surface area contributed by atoms with E-state index < -0.39 is 5.63 Å². The minimum absolute atomic E-state index is 0.339. The molecular formula is C23H19NO4. The van der Waals surface area contributed by atoms with Crippen LogP contribution in [0.2, 0.25) is 0 Å². The van der Waals surface area contributed by atoms with E-state index in [0.29, 0.717) is 28.8 Å². The van der Waals surface area contributed by atoms with Crippen molar-refractivity contribution in [2.45, 2.75) is 27.2 Å². The van der Waals surface area contributed by atoms with Gasteiger partial charge in [-0.1, -0.05) is 23.8 Å². The summed E-state index contributed by atoms with van der Waals surface area (Å²) in [6.45, 7) is 5.80. The fraction of sp³-hybridized carbons (Fsp3) is 0.174. The van der Waals surface area contributed by atoms with Crippen molar-refractivity contribution >= 4 is 28.5 Å². The van der Waals surface area contributed by atoms with Crippen LogP contribution in [0.1, 0.15) is 45.7 Å². The Morgan fingerprint density at radius 1 is 1.00 bits per heavy atom. The van der Waals surface area contributed by atoms with Crippen LogP contribution in [0.5, 0.6) is 0 Å². The van der Waals surface area contributed by atoms with Crippen LogP contribution in [0.15, 0.2) is 63.3 Å². The van der Waals surface area contributed by atoms with Crippen LogP contribution < -0.4 is 10.5 Å². The Bertz CT molecular complexity index is 1190. The minimum Gasteiger partial charge on any atom is -0.423 e. The number of nitrogens with zero attached hydrogens (tertiary/aromatic N) is 1. The maximum absolute atomic E-state index is 13.0. The van der Waals surface area contributed by atoms with Gasteiger partial charge in [0.05, 0.1) is 16.8 Å². The van der Waals surface area contributed by atoms with E-state index in [1.165, 1.54) is 11.0 Å². The molecule has 2 heterocycles. The molecule has 2 amide bonds. The van der Waals surface area contributed by atoms with Crippen LogP contribution in [-0.4, -0.2) is 11.8 Å². The predicted octanol–water partition coefficient (Wildman–Crippen LogP) is 4.41. The van der Waals surface area contributed by atoms with Crippen LogP contribution in [0, 0.1) is 6.92 Å². The molecule has 140 valence electrons. The van der Waals surface area contributed by atoms with Gasteiger partial charge in [0.2, 0.25) is 0 Å². The third kappa shape index (κ3) is 2.76. The average molecular weight is 373 g/mol. The molecule has 1 aromatic heterocycles. The van der Waals surface area contributed by atoms with Crippen LogP contribution in [0.4, 0.5) is 5.69 Å². The molecule has 0 saturated heterocycles. The number of hydrogen-bond acceptors (Lipinski definition) is 4. The van der Waals surface area contributed by atoms with Crippen molar-refractivity contribution in [2.24, 2.45) is 0 Å². The summed E-state index contributed by atoms with van der Waals surface area (Å²) >= 11 is 0. The van der Waals surface area contributed by atoms with E-state index >= 15 is 0 Å². The van der Waals surface area contributed by atoms with Gasteiger partial charge < -0.3 is 4.42 Å². The molecule has 3 aromatic rings. The van der Waals surface area contributed by atoms with Crippen molar-refractivity contribution in [1.82, 2.24) is 0 Å². The Morgan fingerprint density at radius 3 is 2.25 bits per heavy atom. The van der Waals surface area contributed by atoms with Gasteiger partial charge in [0, 0.05) is 11.5 Å². The third-order valence-corrected chi connectivity index (χ3v) is 4.94. The van der Waals surface area contributed by atoms with Gasteiger partial charge in [0.15, 0.2) is 0 Å². The number of amides is 2. The first-order valence-corrected chi connectivity index (χ1v) is 9.06. The Balaban J connectivity index is 1.99. The molecule has 0 fully saturated rings. The average Bonchev–Trinajstić information content (AvgIpc) is 2.90. The monoisotopic (exact) mass is 373 g/mol. The SMILES string of the molecule is CC(C)=CCc1c(N2C(=O)c3ccccc3C2=O)ccc2oc(=O)cc(C)c12. The molecule has 0 spiro atoms. The largest absolute Gasteiger partial charge is 0.423 e. The molecule has 1 aliphatic heterocycles. The Kier molecular flexibility index (Phi) is 4.23. The standard InChI is InChI=1S/C23H19NO4/c1-13(2)8-9-17-18(10-11-19-21(17)14(3)12-20(25)28-19)24-22(26)15-6-4-5-7-16(15)23(24)27/h4-8,10-12H,9H2,1-3H3. The Hall–Kier alpha value is -3.47. The normalized spacial score (nSPS) is 13.2. The number of allylic oxidation sites excluding steroid dienone is 2. The van der Waals surface area contributed by atoms with E-state index in [1.54, 1.807) is 36.4 Å². The van der Waals surface area contributed by atoms with Crippen molar-refractivity contribution in [3.8, 4) is 0 Å². The van der Waals surface area contributed by atoms with Gasteiger partial charge >= 0.3 is 5.63 Å². The summed E-state index contributed by atoms with van der Waals surface area (Å²) in [5.74, 6) is -0.679. The van der Waals surface area contributed by atoms with Crippen LogP contribution in [-0.2, 0) is 6.42 Å². The summed E-state index contributed by atoms with van der Waals surface area (Å²) in [6.07, 6.45) is 2.54. The van der Waals surface area contributed by atoms with Gasteiger partial charge in [-0.2, -0.15) is 0 Å². The lowest BCUT2D eigenvalue weighted by Crippen LogP contribution is -2.30. The highest BCUT2D eigenvalue weighted by atomic mass is 16.4. The first kappa shape index (κ1) is 17.9. The van der Waals surface area contributed by atoms with Gasteiger partial charge in [-0.25, -0.2) is 9.69 Å². The van der Waals surface area contributed by atoms with Crippen molar-refractivity contribution in [3.63, 3.8) is 0 Å². The second kappa shape index (κ2) is 6.60. The maximum atomic E-state index is 13.0. The zero-order chi connectivity index (χ0) is 20.0. The van der Waals surface area contributed by atoms with Crippen molar-refractivity contribution in [2.75, 3.05) is 4.90 Å². The molecule has 2 aromatic carbocycles. The van der Waals surface area contributed by atoms with Gasteiger partial charge in [0.1, 0.15) is 5.58 Å². The minimum atomic E-state index is -0.424. The summed E-state index contributed by atoms with van der Waals surface area (Å²) in [4.78, 5) is 39.0. The molecule has 0 bridgehead atoms. The number of fused-ring (bicyclic) bond motifs is 2. The summed E-state index contributed by atoms with van der Waals surface area (Å²) in [5, 5.41) is 0.756. The summed E-state index contributed by atoms with van der Waals surface area (Å²) in [5.41, 5.74) is 3.99. The molecule has 0 unspecified atom stereocenters. The highest BCUT2D eigenvalue weighted by Crippen LogP contribution is 2.36. The van der Waals surface area contributed by atoms with Crippen molar-refractivity contribution < 1.29 is 14.0 Å². The van der Waals surface area contributed by atoms with Gasteiger partial charge in [-0.05, 0) is 62.6 Å². The fourth-order valence-corrected chi connectivity index (χ4v) is 3.65. The molecular weight excluding hydrogens is 354 g/mol. The van der Waals surface area contributed by atoms with Gasteiger partial charge in [0.25, 0.3) is 11.8 Å². The lowest BCUT2D eigenvalue weighted by molar-refractivity contribution is 0.0926. The summed E-state index contributed by atoms with van der Waals surface area (Å²) in [7, 11) is 0. The third-order valence-electron chi connectivity index (χ3n) is 4.94. The molecule has 5 nitrogen and oxygen atoms in total. The second-order valence-electron chi connectivity index (χ2n) is 7.16. The molecule has 28 heavy (non-hydrogen) atoms. The van der Waals surface area contributed by atoms with Crippen LogP contribution >= 0.6 is 0 Å². The van der Waals surface area contributed by atoms with E-state index in [9.17, 15) is 14.4 Å². The summed E-state index contributed by atoms with van der Waals surface area (Å²) in [6, 6.07) is 11.6. The molecule has 0 atom stereocenters. The lowest BCUT2D eigenvalue weighted by atomic mass is 9.98. The zero-order valence-electron chi connectivity index (χ0n) is 15.9. The van der Waals surface area contributed by atoms with E-state index in [2.05, 4.69) is 0 Å². The van der Waals surface area contributed by atoms with Crippen LogP contribution in [0.25, 0.3) is 11.0 Å². The first-order chi connectivity index (χ1) is 13.4. The van der Waals surface area contributed by atoms with E-state index in [4.69, 9.17) is 4.42 Å².